The normalized spacial score (nSPS) is 27.2. The Bertz CT molecular complexity index is 708. The maximum atomic E-state index is 12.8. The van der Waals surface area contributed by atoms with E-state index in [1.807, 2.05) is 6.92 Å². The third kappa shape index (κ3) is 4.52. The van der Waals surface area contributed by atoms with Crippen LogP contribution in [0.1, 0.15) is 45.6 Å². The van der Waals surface area contributed by atoms with E-state index in [0.29, 0.717) is 17.9 Å². The summed E-state index contributed by atoms with van der Waals surface area (Å²) >= 11 is 0. The van der Waals surface area contributed by atoms with Gasteiger partial charge in [0.15, 0.2) is 5.78 Å². The van der Waals surface area contributed by atoms with E-state index in [1.54, 1.807) is 38.1 Å². The molecular weight excluding hydrogens is 364 g/mol. The Morgan fingerprint density at radius 1 is 1.04 bits per heavy atom. The van der Waals surface area contributed by atoms with Gasteiger partial charge in [-0.1, -0.05) is 12.1 Å². The van der Waals surface area contributed by atoms with Crippen LogP contribution in [-0.4, -0.2) is 48.3 Å². The predicted molar refractivity (Wildman–Crippen MR) is 101 cm³/mol. The molecule has 1 aromatic carbocycles. The number of rotatable bonds is 7. The lowest BCUT2D eigenvalue weighted by Gasteiger charge is -2.43. The summed E-state index contributed by atoms with van der Waals surface area (Å²) in [5, 5.41) is 10.9. The number of Topliss-reactive ketones (excluding diaryl/α,β-unsaturated/α-hetero) is 1. The van der Waals surface area contributed by atoms with E-state index >= 15 is 0 Å². The fourth-order valence-corrected chi connectivity index (χ4v) is 3.83. The molecule has 0 heterocycles. The van der Waals surface area contributed by atoms with Gasteiger partial charge in [-0.25, -0.2) is 0 Å². The molecule has 2 rings (SSSR count). The zero-order chi connectivity index (χ0) is 20.9. The molecule has 1 aliphatic rings. The van der Waals surface area contributed by atoms with Crippen LogP contribution < -0.4 is 4.74 Å². The van der Waals surface area contributed by atoms with Crippen molar-refractivity contribution in [2.24, 2.45) is 11.8 Å². The SMILES string of the molecule is CCOC(=O)[C@@H]1C(=O)C[C@@](C)(O)[C@@H](C(=O)OCC)[C@@H]1c1ccc(OCC)cc1. The smallest absolute Gasteiger partial charge is 0.317 e. The molecule has 0 aromatic heterocycles. The summed E-state index contributed by atoms with van der Waals surface area (Å²) in [4.78, 5) is 38.1. The molecule has 7 heteroatoms. The summed E-state index contributed by atoms with van der Waals surface area (Å²) < 4.78 is 15.7. The lowest BCUT2D eigenvalue weighted by Crippen LogP contribution is -2.55. The summed E-state index contributed by atoms with van der Waals surface area (Å²) in [6, 6.07) is 6.81. The van der Waals surface area contributed by atoms with E-state index in [1.165, 1.54) is 6.92 Å². The standard InChI is InChI=1S/C21H28O7/c1-5-26-14-10-8-13(9-11-14)16-17(19(23)27-6-2)15(22)12-21(4,25)18(16)20(24)28-7-3/h8-11,16-18,25H,5-7,12H2,1-4H3/t16-,17-,18-,21-/m1/s1. The van der Waals surface area contributed by atoms with Gasteiger partial charge in [0.25, 0.3) is 0 Å². The zero-order valence-electron chi connectivity index (χ0n) is 16.8. The van der Waals surface area contributed by atoms with Crippen molar-refractivity contribution in [3.63, 3.8) is 0 Å². The number of hydrogen-bond donors (Lipinski definition) is 1. The molecule has 154 valence electrons. The highest BCUT2D eigenvalue weighted by atomic mass is 16.5. The second kappa shape index (κ2) is 9.19. The van der Waals surface area contributed by atoms with Gasteiger partial charge in [-0.3, -0.25) is 14.4 Å². The minimum atomic E-state index is -1.64. The highest BCUT2D eigenvalue weighted by Crippen LogP contribution is 2.46. The fraction of sp³-hybridized carbons (Fsp3) is 0.571. The van der Waals surface area contributed by atoms with Crippen LogP contribution in [0.25, 0.3) is 0 Å². The monoisotopic (exact) mass is 392 g/mol. The first kappa shape index (κ1) is 21.9. The van der Waals surface area contributed by atoms with Crippen molar-refractivity contribution < 1.29 is 33.7 Å². The van der Waals surface area contributed by atoms with Crippen LogP contribution >= 0.6 is 0 Å². The van der Waals surface area contributed by atoms with E-state index in [4.69, 9.17) is 14.2 Å². The van der Waals surface area contributed by atoms with E-state index < -0.39 is 41.1 Å². The largest absolute Gasteiger partial charge is 0.494 e. The highest BCUT2D eigenvalue weighted by molar-refractivity contribution is 6.02. The van der Waals surface area contributed by atoms with Crippen LogP contribution in [0.4, 0.5) is 0 Å². The Kier molecular flexibility index (Phi) is 7.18. The van der Waals surface area contributed by atoms with Crippen molar-refractivity contribution in [2.45, 2.75) is 45.6 Å². The van der Waals surface area contributed by atoms with Crippen LogP contribution in [0, 0.1) is 11.8 Å². The Labute approximate surface area is 165 Å². The molecule has 1 aliphatic carbocycles. The second-order valence-corrected chi connectivity index (χ2v) is 6.99. The topological polar surface area (TPSA) is 99.1 Å². The molecule has 0 amide bonds. The molecule has 0 bridgehead atoms. The Balaban J connectivity index is 2.56. The van der Waals surface area contributed by atoms with Gasteiger partial charge in [0, 0.05) is 12.3 Å². The minimum absolute atomic E-state index is 0.110. The number of ether oxygens (including phenoxy) is 3. The lowest BCUT2D eigenvalue weighted by molar-refractivity contribution is -0.172. The molecule has 1 saturated carbocycles. The van der Waals surface area contributed by atoms with Crippen molar-refractivity contribution in [1.29, 1.82) is 0 Å². The maximum absolute atomic E-state index is 12.8. The van der Waals surface area contributed by atoms with E-state index in [9.17, 15) is 19.5 Å². The molecule has 4 atom stereocenters. The molecule has 1 N–H and O–H groups in total. The summed E-state index contributed by atoms with van der Waals surface area (Å²) in [5.41, 5.74) is -1.08. The second-order valence-electron chi connectivity index (χ2n) is 6.99. The number of esters is 2. The van der Waals surface area contributed by atoms with Crippen molar-refractivity contribution in [2.75, 3.05) is 19.8 Å². The summed E-state index contributed by atoms with van der Waals surface area (Å²) in [7, 11) is 0. The van der Waals surface area contributed by atoms with Crippen LogP contribution in [0.5, 0.6) is 5.75 Å². The molecule has 0 saturated heterocycles. The lowest BCUT2D eigenvalue weighted by atomic mass is 9.61. The molecule has 0 radical (unpaired) electrons. The number of carbonyl (C=O) groups excluding carboxylic acids is 3. The third-order valence-corrected chi connectivity index (χ3v) is 4.92. The fourth-order valence-electron chi connectivity index (χ4n) is 3.83. The maximum Gasteiger partial charge on any atom is 0.317 e. The average Bonchev–Trinajstić information content (AvgIpc) is 2.61. The average molecular weight is 392 g/mol. The van der Waals surface area contributed by atoms with Crippen molar-refractivity contribution in [1.82, 2.24) is 0 Å². The van der Waals surface area contributed by atoms with Gasteiger partial charge < -0.3 is 19.3 Å². The molecule has 0 spiro atoms. The number of benzene rings is 1. The van der Waals surface area contributed by atoms with E-state index in [-0.39, 0.29) is 19.6 Å². The molecule has 0 aliphatic heterocycles. The summed E-state index contributed by atoms with van der Waals surface area (Å²) in [6.07, 6.45) is -0.326. The molecule has 28 heavy (non-hydrogen) atoms. The van der Waals surface area contributed by atoms with Gasteiger partial charge >= 0.3 is 11.9 Å². The first-order valence-electron chi connectivity index (χ1n) is 9.57. The number of aliphatic hydroxyl groups is 1. The van der Waals surface area contributed by atoms with Gasteiger partial charge in [0.05, 0.1) is 31.3 Å². The third-order valence-electron chi connectivity index (χ3n) is 4.92. The van der Waals surface area contributed by atoms with Crippen LogP contribution in [0.15, 0.2) is 24.3 Å². The zero-order valence-corrected chi connectivity index (χ0v) is 16.8. The Hall–Kier alpha value is -2.41. The van der Waals surface area contributed by atoms with Gasteiger partial charge in [-0.15, -0.1) is 0 Å². The quantitative estimate of drug-likeness (QED) is 0.561. The molecule has 1 fully saturated rings. The number of ketones is 1. The van der Waals surface area contributed by atoms with Gasteiger partial charge in [0.2, 0.25) is 0 Å². The van der Waals surface area contributed by atoms with Crippen LogP contribution in [-0.2, 0) is 23.9 Å². The number of carbonyl (C=O) groups is 3. The van der Waals surface area contributed by atoms with E-state index in [2.05, 4.69) is 0 Å². The highest BCUT2D eigenvalue weighted by Gasteiger charge is 2.57. The van der Waals surface area contributed by atoms with Gasteiger partial charge in [-0.2, -0.15) is 0 Å². The Morgan fingerprint density at radius 3 is 2.14 bits per heavy atom. The minimum Gasteiger partial charge on any atom is -0.494 e. The van der Waals surface area contributed by atoms with Crippen LogP contribution in [0.3, 0.4) is 0 Å². The van der Waals surface area contributed by atoms with Gasteiger partial charge in [-0.05, 0) is 45.4 Å². The molecule has 0 unspecified atom stereocenters. The molecule has 1 aromatic rings. The summed E-state index contributed by atoms with van der Waals surface area (Å²) in [6.45, 7) is 7.32. The summed E-state index contributed by atoms with van der Waals surface area (Å²) in [5.74, 6) is -4.34. The Morgan fingerprint density at radius 2 is 1.61 bits per heavy atom. The van der Waals surface area contributed by atoms with Crippen molar-refractivity contribution >= 4 is 17.7 Å². The van der Waals surface area contributed by atoms with E-state index in [0.717, 1.165) is 0 Å². The van der Waals surface area contributed by atoms with Crippen molar-refractivity contribution in [3.8, 4) is 5.75 Å². The first-order valence-corrected chi connectivity index (χ1v) is 9.57. The van der Waals surface area contributed by atoms with Gasteiger partial charge in [0.1, 0.15) is 11.7 Å². The van der Waals surface area contributed by atoms with Crippen molar-refractivity contribution in [3.05, 3.63) is 29.8 Å². The van der Waals surface area contributed by atoms with Crippen LogP contribution in [0.2, 0.25) is 0 Å². The number of hydrogen-bond acceptors (Lipinski definition) is 7. The molecule has 7 nitrogen and oxygen atoms in total. The molecular formula is C21H28O7. The predicted octanol–water partition coefficient (Wildman–Crippen LogP) is 2.25. The first-order chi connectivity index (χ1) is 13.3.